The monoisotopic (exact) mass is 423 g/mol. The summed E-state index contributed by atoms with van der Waals surface area (Å²) in [6, 6.07) is 11.8. The zero-order valence-corrected chi connectivity index (χ0v) is 16.9. The first kappa shape index (κ1) is 21.6. The molecule has 0 radical (unpaired) electrons. The smallest absolute Gasteiger partial charge is 0.493 e. The number of aliphatic imine (C=N–C) groups is 1. The van der Waals surface area contributed by atoms with Gasteiger partial charge in [-0.25, -0.2) is 0 Å². The highest BCUT2D eigenvalue weighted by Gasteiger charge is 2.42. The fourth-order valence-corrected chi connectivity index (χ4v) is 3.25. The first-order chi connectivity index (χ1) is 14.3. The number of benzene rings is 2. The number of nitrogens with one attached hydrogen (secondary N) is 2. The molecule has 6 nitrogen and oxygen atoms in total. The van der Waals surface area contributed by atoms with Gasteiger partial charge in [0.15, 0.2) is 17.5 Å². The molecule has 0 spiro atoms. The predicted octanol–water partition coefficient (Wildman–Crippen LogP) is 3.82. The Labute approximate surface area is 173 Å². The molecule has 0 aromatic heterocycles. The summed E-state index contributed by atoms with van der Waals surface area (Å²) >= 11 is 0. The van der Waals surface area contributed by atoms with Crippen molar-refractivity contribution >= 4 is 5.96 Å². The third-order valence-corrected chi connectivity index (χ3v) is 4.79. The van der Waals surface area contributed by atoms with Gasteiger partial charge in [0.1, 0.15) is 5.75 Å². The van der Waals surface area contributed by atoms with Crippen LogP contribution < -0.4 is 24.8 Å². The van der Waals surface area contributed by atoms with Gasteiger partial charge in [-0.05, 0) is 35.7 Å². The molecular weight excluding hydrogens is 399 g/mol. The zero-order chi connectivity index (χ0) is 21.7. The Morgan fingerprint density at radius 2 is 1.80 bits per heavy atom. The van der Waals surface area contributed by atoms with Gasteiger partial charge in [-0.15, -0.1) is 13.2 Å². The highest BCUT2D eigenvalue weighted by molar-refractivity contribution is 5.80. The number of nitrogens with zero attached hydrogens (tertiary/aromatic N) is 1. The van der Waals surface area contributed by atoms with E-state index in [0.717, 1.165) is 5.56 Å². The third-order valence-electron chi connectivity index (χ3n) is 4.79. The van der Waals surface area contributed by atoms with E-state index in [9.17, 15) is 13.2 Å². The lowest BCUT2D eigenvalue weighted by atomic mass is 10.1. The van der Waals surface area contributed by atoms with Crippen LogP contribution in [0.3, 0.4) is 0 Å². The quantitative estimate of drug-likeness (QED) is 0.524. The van der Waals surface area contributed by atoms with Crippen molar-refractivity contribution in [3.05, 3.63) is 53.6 Å². The van der Waals surface area contributed by atoms with Crippen LogP contribution in [0.2, 0.25) is 0 Å². The molecule has 9 heteroatoms. The van der Waals surface area contributed by atoms with Gasteiger partial charge in [-0.2, -0.15) is 0 Å². The summed E-state index contributed by atoms with van der Waals surface area (Å²) in [4.78, 5) is 4.20. The van der Waals surface area contributed by atoms with E-state index < -0.39 is 6.36 Å². The number of ether oxygens (including phenoxy) is 3. The Morgan fingerprint density at radius 1 is 1.07 bits per heavy atom. The number of hydrogen-bond donors (Lipinski definition) is 2. The Hall–Kier alpha value is -3.10. The minimum Gasteiger partial charge on any atom is -0.493 e. The predicted molar refractivity (Wildman–Crippen MR) is 107 cm³/mol. The second-order valence-electron chi connectivity index (χ2n) is 6.79. The standard InChI is InChI=1S/C21H24F3N3O3/c1-25-20(26-12-13-8-9-18(28-2)19(10-13)29-3)27-16-11-15(16)14-6-4-5-7-17(14)30-21(22,23)24/h4-10,15-16H,11-12H2,1-3H3,(H2,25,26,27). The molecule has 162 valence electrons. The number of guanidine groups is 1. The molecule has 1 aliphatic rings. The van der Waals surface area contributed by atoms with E-state index in [4.69, 9.17) is 9.47 Å². The summed E-state index contributed by atoms with van der Waals surface area (Å²) in [7, 11) is 4.79. The number of methoxy groups -OCH3 is 2. The molecule has 3 rings (SSSR count). The SMILES string of the molecule is CN=C(NCc1ccc(OC)c(OC)c1)NC1CC1c1ccccc1OC(F)(F)F. The summed E-state index contributed by atoms with van der Waals surface area (Å²) in [6.07, 6.45) is -4.03. The van der Waals surface area contributed by atoms with E-state index in [-0.39, 0.29) is 17.7 Å². The van der Waals surface area contributed by atoms with Crippen LogP contribution in [0.4, 0.5) is 13.2 Å². The molecule has 0 heterocycles. The third kappa shape index (κ3) is 5.49. The van der Waals surface area contributed by atoms with E-state index in [1.807, 2.05) is 18.2 Å². The minimum atomic E-state index is -4.72. The molecule has 0 amide bonds. The van der Waals surface area contributed by atoms with Crippen LogP contribution in [-0.4, -0.2) is 39.6 Å². The molecule has 0 saturated heterocycles. The van der Waals surface area contributed by atoms with Crippen molar-refractivity contribution in [1.29, 1.82) is 0 Å². The van der Waals surface area contributed by atoms with Crippen molar-refractivity contribution in [2.45, 2.75) is 31.3 Å². The Balaban J connectivity index is 1.59. The van der Waals surface area contributed by atoms with Gasteiger partial charge in [0.25, 0.3) is 0 Å². The lowest BCUT2D eigenvalue weighted by molar-refractivity contribution is -0.274. The maximum atomic E-state index is 12.6. The van der Waals surface area contributed by atoms with Crippen LogP contribution in [0.15, 0.2) is 47.5 Å². The molecule has 2 N–H and O–H groups in total. The minimum absolute atomic E-state index is 0.0282. The molecule has 2 atom stereocenters. The number of hydrogen-bond acceptors (Lipinski definition) is 4. The maximum Gasteiger partial charge on any atom is 0.573 e. The summed E-state index contributed by atoms with van der Waals surface area (Å²) in [6.45, 7) is 0.491. The molecule has 1 saturated carbocycles. The van der Waals surface area contributed by atoms with Crippen molar-refractivity contribution in [3.63, 3.8) is 0 Å². The van der Waals surface area contributed by atoms with Crippen LogP contribution in [0, 0.1) is 0 Å². The van der Waals surface area contributed by atoms with Gasteiger partial charge >= 0.3 is 6.36 Å². The largest absolute Gasteiger partial charge is 0.573 e. The molecule has 2 unspecified atom stereocenters. The number of alkyl halides is 3. The molecule has 2 aromatic rings. The molecule has 30 heavy (non-hydrogen) atoms. The lowest BCUT2D eigenvalue weighted by Gasteiger charge is -2.15. The second-order valence-corrected chi connectivity index (χ2v) is 6.79. The maximum absolute atomic E-state index is 12.6. The van der Waals surface area contributed by atoms with E-state index in [2.05, 4.69) is 20.4 Å². The van der Waals surface area contributed by atoms with Crippen LogP contribution in [-0.2, 0) is 6.54 Å². The van der Waals surface area contributed by atoms with E-state index >= 15 is 0 Å². The van der Waals surface area contributed by atoms with Crippen molar-refractivity contribution in [2.24, 2.45) is 4.99 Å². The highest BCUT2D eigenvalue weighted by Crippen LogP contribution is 2.45. The summed E-state index contributed by atoms with van der Waals surface area (Å²) in [5.74, 6) is 1.59. The van der Waals surface area contributed by atoms with E-state index in [1.165, 1.54) is 12.1 Å². The topological polar surface area (TPSA) is 64.1 Å². The molecule has 1 fully saturated rings. The Morgan fingerprint density at radius 3 is 2.47 bits per heavy atom. The van der Waals surface area contributed by atoms with Crippen LogP contribution in [0.5, 0.6) is 17.2 Å². The normalized spacial score (nSPS) is 18.5. The van der Waals surface area contributed by atoms with E-state index in [0.29, 0.717) is 36.0 Å². The van der Waals surface area contributed by atoms with Gasteiger partial charge in [-0.1, -0.05) is 24.3 Å². The molecule has 0 bridgehead atoms. The van der Waals surface area contributed by atoms with Gasteiger partial charge < -0.3 is 24.8 Å². The van der Waals surface area contributed by atoms with Gasteiger partial charge in [0, 0.05) is 25.6 Å². The number of halogens is 3. The fraction of sp³-hybridized carbons (Fsp3) is 0.381. The van der Waals surface area contributed by atoms with Gasteiger partial charge in [-0.3, -0.25) is 4.99 Å². The van der Waals surface area contributed by atoms with Crippen molar-refractivity contribution in [2.75, 3.05) is 21.3 Å². The first-order valence-electron chi connectivity index (χ1n) is 9.37. The number of para-hydroxylation sites is 1. The second kappa shape index (κ2) is 9.15. The summed E-state index contributed by atoms with van der Waals surface area (Å²) in [5, 5.41) is 6.45. The molecule has 1 aliphatic carbocycles. The van der Waals surface area contributed by atoms with E-state index in [1.54, 1.807) is 33.4 Å². The van der Waals surface area contributed by atoms with Crippen molar-refractivity contribution in [3.8, 4) is 17.2 Å². The Bertz CT molecular complexity index is 903. The van der Waals surface area contributed by atoms with Crippen LogP contribution in [0.1, 0.15) is 23.5 Å². The lowest BCUT2D eigenvalue weighted by Crippen LogP contribution is -2.38. The fourth-order valence-electron chi connectivity index (χ4n) is 3.25. The van der Waals surface area contributed by atoms with Gasteiger partial charge in [0.2, 0.25) is 0 Å². The summed E-state index contributed by atoms with van der Waals surface area (Å²) in [5.41, 5.74) is 1.49. The average Bonchev–Trinajstić information content (AvgIpc) is 3.48. The summed E-state index contributed by atoms with van der Waals surface area (Å²) < 4.78 is 52.6. The van der Waals surface area contributed by atoms with Crippen LogP contribution >= 0.6 is 0 Å². The molecule has 2 aromatic carbocycles. The highest BCUT2D eigenvalue weighted by atomic mass is 19.4. The first-order valence-corrected chi connectivity index (χ1v) is 9.37. The van der Waals surface area contributed by atoms with Crippen LogP contribution in [0.25, 0.3) is 0 Å². The molecule has 0 aliphatic heterocycles. The average molecular weight is 423 g/mol. The Kier molecular flexibility index (Phi) is 6.59. The van der Waals surface area contributed by atoms with Crippen molar-refractivity contribution < 1.29 is 27.4 Å². The van der Waals surface area contributed by atoms with Crippen molar-refractivity contribution in [1.82, 2.24) is 10.6 Å². The zero-order valence-electron chi connectivity index (χ0n) is 16.9. The van der Waals surface area contributed by atoms with Gasteiger partial charge in [0.05, 0.1) is 14.2 Å². The molecular formula is C21H24F3N3O3. The number of rotatable bonds is 7.